The number of aliphatic hydroxyl groups is 2. The van der Waals surface area contributed by atoms with Gasteiger partial charge in [0, 0.05) is 19.3 Å². The summed E-state index contributed by atoms with van der Waals surface area (Å²) in [7, 11) is -9.84. The van der Waals surface area contributed by atoms with Crippen LogP contribution >= 0.6 is 15.6 Å². The van der Waals surface area contributed by atoms with E-state index in [2.05, 4.69) is 197 Å². The minimum atomic E-state index is -4.97. The Morgan fingerprint density at radius 2 is 0.423 bits per heavy atom. The predicted octanol–water partition coefficient (Wildman–Crippen LogP) is 30.6. The third-order valence-electron chi connectivity index (χ3n) is 20.3. The van der Waals surface area contributed by atoms with E-state index in [-0.39, 0.29) is 19.3 Å². The smallest absolute Gasteiger partial charge is 0.463 e. The fourth-order valence-electron chi connectivity index (χ4n) is 13.1. The van der Waals surface area contributed by atoms with Crippen LogP contribution in [0.2, 0.25) is 0 Å². The fourth-order valence-corrected chi connectivity index (χ4v) is 14.7. The first kappa shape index (κ1) is 117. The van der Waals surface area contributed by atoms with E-state index in [9.17, 15) is 43.5 Å². The summed E-state index contributed by atoms with van der Waals surface area (Å²) in [5.74, 6) is -1.67. The van der Waals surface area contributed by atoms with Crippen molar-refractivity contribution in [3.05, 3.63) is 194 Å². The second kappa shape index (κ2) is 95.5. The highest BCUT2D eigenvalue weighted by Crippen LogP contribution is 2.45. The van der Waals surface area contributed by atoms with Crippen LogP contribution in [0.5, 0.6) is 0 Å². The van der Waals surface area contributed by atoms with Crippen molar-refractivity contribution >= 4 is 33.6 Å². The largest absolute Gasteiger partial charge is 0.472 e. The van der Waals surface area contributed by atoms with E-state index in [1.54, 1.807) is 0 Å². The quantitative estimate of drug-likeness (QED) is 0.0146. The number of hydrogen-bond acceptors (Lipinski definition) is 14. The molecule has 16 nitrogen and oxygen atoms in total. The first-order valence-corrected chi connectivity index (χ1v) is 51.7. The molecular weight excluding hydrogens is 1580 g/mol. The number of phosphoric acid groups is 2. The Morgan fingerprint density at radius 3 is 0.675 bits per heavy atom. The summed E-state index contributed by atoms with van der Waals surface area (Å²) in [6.45, 7) is 2.30. The summed E-state index contributed by atoms with van der Waals surface area (Å²) in [5, 5.41) is 20.8. The van der Waals surface area contributed by atoms with Gasteiger partial charge in [0.15, 0.2) is 6.10 Å². The van der Waals surface area contributed by atoms with Crippen molar-refractivity contribution in [2.24, 2.45) is 0 Å². The standard InChI is InChI=1S/C105H176O16P2/c1-4-7-10-13-16-19-22-25-28-31-34-36-38-40-42-44-46-48-49-51-53-54-56-58-60-62-65-67-70-73-76-79-82-85-88-91-103(108)115-94-100(106)95-117-122(111,112)118-96-101(107)97-119-123(113,114)120-99-102(121-105(110)93-90-87-84-81-78-75-72-69-64-33-30-27-24-21-18-15-12-9-6-3)98-116-104(109)92-89-86-83-80-77-74-71-68-66-63-61-59-57-55-52-50-47-45-43-41-39-37-35-32-29-26-23-20-17-14-11-8-5-2/h7-12,16-21,25-30,34-37,40-43,64,69,75,78,84,87,100-102,106-107H,4-6,13-15,22-24,31-33,38-39,44-63,65-68,70-74,76-77,79-83,85-86,88-99H2,1-3H3,(H,111,112)(H,113,114)/b10-7-,11-8-,12-9-,19-16-,20-17-,21-18-,28-25-,29-26-,30-27-,36-34-,37-35-,42-40-,43-41-,69-64-,78-75-,87-84-. The molecule has 0 fully saturated rings. The van der Waals surface area contributed by atoms with Gasteiger partial charge in [0.1, 0.15) is 25.4 Å². The average molecular weight is 1760 g/mol. The third-order valence-corrected chi connectivity index (χ3v) is 22.2. The molecule has 123 heavy (non-hydrogen) atoms. The Hall–Kier alpha value is -5.61. The van der Waals surface area contributed by atoms with Crippen molar-refractivity contribution in [2.45, 2.75) is 411 Å². The summed E-state index contributed by atoms with van der Waals surface area (Å²) in [6.07, 6.45) is 128. The fraction of sp³-hybridized carbons (Fsp3) is 0.667. The van der Waals surface area contributed by atoms with E-state index in [1.807, 2.05) is 18.2 Å². The SMILES string of the molecule is CC/C=C\C/C=C\C/C=C\C/C=C\C/C=C\C/C=C\CCC(=O)OC(COC(=O)CCCCCCCCCCCCCCCCCCC/C=C\C/C=C\C/C=C\C/C=C\C/C=C\CC)COP(=O)(O)OCC(O)COP(=O)(O)OCC(O)COC(=O)CCCCCCCCCCCCCCCCCCCCC/C=C\C/C=C\C/C=C\C/C=C\C/C=C\CC. The van der Waals surface area contributed by atoms with Gasteiger partial charge in [-0.1, -0.05) is 421 Å². The summed E-state index contributed by atoms with van der Waals surface area (Å²) < 4.78 is 61.4. The molecule has 0 aliphatic carbocycles. The van der Waals surface area contributed by atoms with Gasteiger partial charge in [-0.15, -0.1) is 0 Å². The zero-order chi connectivity index (χ0) is 89.3. The van der Waals surface area contributed by atoms with Crippen LogP contribution in [-0.4, -0.2) is 95.9 Å². The zero-order valence-electron chi connectivity index (χ0n) is 77.5. The molecule has 0 rings (SSSR count). The highest BCUT2D eigenvalue weighted by atomic mass is 31.2. The van der Waals surface area contributed by atoms with Gasteiger partial charge < -0.3 is 34.2 Å². The lowest BCUT2D eigenvalue weighted by molar-refractivity contribution is -0.161. The van der Waals surface area contributed by atoms with Gasteiger partial charge in [-0.25, -0.2) is 9.13 Å². The van der Waals surface area contributed by atoms with Crippen LogP contribution in [0, 0.1) is 0 Å². The summed E-state index contributed by atoms with van der Waals surface area (Å²) in [6, 6.07) is 0. The number of ether oxygens (including phenoxy) is 3. The topological polar surface area (TPSA) is 231 Å². The molecule has 0 aromatic rings. The van der Waals surface area contributed by atoms with E-state index < -0.39 is 91.5 Å². The predicted molar refractivity (Wildman–Crippen MR) is 518 cm³/mol. The first-order chi connectivity index (χ1) is 60.2. The molecule has 0 spiro atoms. The van der Waals surface area contributed by atoms with Crippen molar-refractivity contribution in [3.63, 3.8) is 0 Å². The summed E-state index contributed by atoms with van der Waals surface area (Å²) in [4.78, 5) is 59.0. The number of carbonyl (C=O) groups excluding carboxylic acids is 3. The lowest BCUT2D eigenvalue weighted by atomic mass is 10.0. The van der Waals surface area contributed by atoms with Crippen LogP contribution in [0.1, 0.15) is 393 Å². The number of esters is 3. The lowest BCUT2D eigenvalue weighted by Gasteiger charge is -2.21. The first-order valence-electron chi connectivity index (χ1n) is 48.7. The van der Waals surface area contributed by atoms with Crippen molar-refractivity contribution in [3.8, 4) is 0 Å². The Bertz CT molecular complexity index is 3020. The molecule has 0 saturated heterocycles. The Balaban J connectivity index is 4.52. The summed E-state index contributed by atoms with van der Waals surface area (Å²) in [5.41, 5.74) is 0. The molecule has 0 bridgehead atoms. The molecule has 0 amide bonds. The minimum absolute atomic E-state index is 0.0243. The van der Waals surface area contributed by atoms with Gasteiger partial charge in [0.2, 0.25) is 0 Å². The third kappa shape index (κ3) is 96.9. The normalized spacial score (nSPS) is 14.6. The lowest BCUT2D eigenvalue weighted by Crippen LogP contribution is -2.29. The average Bonchev–Trinajstić information content (AvgIpc) is 0.930. The number of rotatable bonds is 91. The van der Waals surface area contributed by atoms with E-state index >= 15 is 0 Å². The molecule has 702 valence electrons. The van der Waals surface area contributed by atoms with Crippen molar-refractivity contribution < 1.29 is 75.8 Å². The van der Waals surface area contributed by atoms with Crippen LogP contribution in [0.15, 0.2) is 194 Å². The molecular formula is C105H176O16P2. The Kier molecular flexibility index (Phi) is 91.1. The molecule has 0 heterocycles. The number of phosphoric ester groups is 2. The Labute approximate surface area is 750 Å². The number of unbranched alkanes of at least 4 members (excludes halogenated alkanes) is 36. The minimum Gasteiger partial charge on any atom is -0.463 e. The highest BCUT2D eigenvalue weighted by Gasteiger charge is 2.29. The van der Waals surface area contributed by atoms with Gasteiger partial charge >= 0.3 is 33.6 Å². The van der Waals surface area contributed by atoms with Gasteiger partial charge in [0.05, 0.1) is 26.4 Å². The monoisotopic (exact) mass is 1760 g/mol. The number of allylic oxidation sites excluding steroid dienone is 32. The highest BCUT2D eigenvalue weighted by molar-refractivity contribution is 7.47. The molecule has 0 saturated carbocycles. The van der Waals surface area contributed by atoms with E-state index in [0.717, 1.165) is 141 Å². The van der Waals surface area contributed by atoms with Crippen molar-refractivity contribution in [1.82, 2.24) is 0 Å². The molecule has 5 unspecified atom stereocenters. The second-order valence-electron chi connectivity index (χ2n) is 32.1. The van der Waals surface area contributed by atoms with E-state index in [1.165, 1.54) is 186 Å². The maximum atomic E-state index is 13.0. The van der Waals surface area contributed by atoms with Gasteiger partial charge in [-0.3, -0.25) is 32.5 Å². The second-order valence-corrected chi connectivity index (χ2v) is 35.0. The molecule has 4 N–H and O–H groups in total. The molecule has 18 heteroatoms. The van der Waals surface area contributed by atoms with Crippen LogP contribution in [0.25, 0.3) is 0 Å². The molecule has 0 aliphatic rings. The zero-order valence-corrected chi connectivity index (χ0v) is 79.3. The number of hydrogen-bond donors (Lipinski definition) is 4. The van der Waals surface area contributed by atoms with Crippen LogP contribution < -0.4 is 0 Å². The summed E-state index contributed by atoms with van der Waals surface area (Å²) >= 11 is 0. The van der Waals surface area contributed by atoms with Crippen LogP contribution in [-0.2, 0) is 55.8 Å². The van der Waals surface area contributed by atoms with Crippen LogP contribution in [0.3, 0.4) is 0 Å². The van der Waals surface area contributed by atoms with E-state index in [0.29, 0.717) is 25.7 Å². The molecule has 0 aromatic heterocycles. The van der Waals surface area contributed by atoms with Gasteiger partial charge in [0.25, 0.3) is 0 Å². The Morgan fingerprint density at radius 1 is 0.228 bits per heavy atom. The number of carbonyl (C=O) groups is 3. The van der Waals surface area contributed by atoms with E-state index in [4.69, 9.17) is 32.3 Å². The van der Waals surface area contributed by atoms with Crippen LogP contribution in [0.4, 0.5) is 0 Å². The molecule has 5 atom stereocenters. The molecule has 0 aromatic carbocycles. The van der Waals surface area contributed by atoms with Crippen molar-refractivity contribution in [1.29, 1.82) is 0 Å². The maximum Gasteiger partial charge on any atom is 0.472 e. The van der Waals surface area contributed by atoms with Gasteiger partial charge in [-0.2, -0.15) is 0 Å². The molecule has 0 radical (unpaired) electrons. The van der Waals surface area contributed by atoms with Crippen molar-refractivity contribution in [2.75, 3.05) is 39.6 Å². The molecule has 0 aliphatic heterocycles. The maximum absolute atomic E-state index is 13.0. The van der Waals surface area contributed by atoms with Gasteiger partial charge in [-0.05, 0) is 148 Å². The number of aliphatic hydroxyl groups excluding tert-OH is 2.